The van der Waals surface area contributed by atoms with Crippen LogP contribution in [0.25, 0.3) is 0 Å². The van der Waals surface area contributed by atoms with Crippen LogP contribution in [-0.4, -0.2) is 41.3 Å². The van der Waals surface area contributed by atoms with Gasteiger partial charge >= 0.3 is 0 Å². The van der Waals surface area contributed by atoms with Crippen molar-refractivity contribution < 1.29 is 0 Å². The number of hydrogen-bond acceptors (Lipinski definition) is 6. The zero-order valence-electron chi connectivity index (χ0n) is 18.8. The highest BCUT2D eigenvalue weighted by molar-refractivity contribution is 8.34. The van der Waals surface area contributed by atoms with E-state index in [-0.39, 0.29) is 0 Å². The Hall–Kier alpha value is 2.10. The van der Waals surface area contributed by atoms with Crippen molar-refractivity contribution >= 4 is 70.6 Å². The third kappa shape index (κ3) is 13.2. The smallest absolute Gasteiger partial charge is 0.107 e. The van der Waals surface area contributed by atoms with E-state index in [2.05, 4.69) is 118 Å². The molecule has 0 aliphatic carbocycles. The Morgan fingerprint density at radius 2 is 1.19 bits per heavy atom. The Kier molecular flexibility index (Phi) is 19.1. The summed E-state index contributed by atoms with van der Waals surface area (Å²) in [4.78, 5) is 0. The fraction of sp³-hybridized carbons (Fsp3) is 1.00. The molecule has 0 nitrogen and oxygen atoms in total. The van der Waals surface area contributed by atoms with Gasteiger partial charge in [-0.1, -0.05) is 54.4 Å². The molecule has 0 bridgehead atoms. The molecule has 27 heavy (non-hydrogen) atoms. The van der Waals surface area contributed by atoms with Gasteiger partial charge in [0.15, 0.2) is 0 Å². The lowest BCUT2D eigenvalue weighted by Crippen LogP contribution is -2.25. The number of unbranched alkanes of at least 4 members (excludes halogenated alkanes) is 2. The third-order valence-electron chi connectivity index (χ3n) is 3.99. The van der Waals surface area contributed by atoms with E-state index in [1.54, 1.807) is 0 Å². The zero-order chi connectivity index (χ0) is 20.6. The summed E-state index contributed by atoms with van der Waals surface area (Å²) in [7, 11) is 0. The monoisotopic (exact) mass is 488 g/mol. The van der Waals surface area contributed by atoms with Crippen molar-refractivity contribution in [1.29, 1.82) is 0 Å². The Morgan fingerprint density at radius 1 is 0.667 bits per heavy atom. The summed E-state index contributed by atoms with van der Waals surface area (Å²) in [5, 5.41) is 0.693. The van der Waals surface area contributed by atoms with Gasteiger partial charge in [-0.2, -0.15) is 0 Å². The van der Waals surface area contributed by atoms with Gasteiger partial charge in [-0.3, -0.25) is 0 Å². The molecule has 0 N–H and O–H groups in total. The van der Waals surface area contributed by atoms with E-state index in [1.807, 2.05) is 0 Å². The summed E-state index contributed by atoms with van der Waals surface area (Å²) in [6.07, 6.45) is 11.6. The summed E-state index contributed by atoms with van der Waals surface area (Å²) in [5.74, 6) is 5.12. The second kappa shape index (κ2) is 17.7. The molecule has 164 valence electrons. The van der Waals surface area contributed by atoms with E-state index in [0.29, 0.717) is 12.1 Å². The molecule has 0 aliphatic rings. The van der Waals surface area contributed by atoms with Crippen LogP contribution in [0.5, 0.6) is 0 Å². The molecule has 0 aromatic heterocycles. The van der Waals surface area contributed by atoms with Crippen molar-refractivity contribution in [3.8, 4) is 0 Å². The molecule has 0 saturated heterocycles. The highest BCUT2D eigenvalue weighted by atomic mass is 32.3. The Bertz CT molecular complexity index is 339. The molecule has 0 aliphatic heterocycles. The van der Waals surface area contributed by atoms with Crippen molar-refractivity contribution in [2.45, 2.75) is 98.6 Å². The second-order valence-electron chi connectivity index (χ2n) is 6.92. The molecule has 0 amide bonds. The lowest BCUT2D eigenvalue weighted by molar-refractivity contribution is 0.796. The molecule has 0 saturated carbocycles. The zero-order valence-corrected chi connectivity index (χ0v) is 23.7. The van der Waals surface area contributed by atoms with Crippen LogP contribution in [0.4, 0.5) is 0 Å². The van der Waals surface area contributed by atoms with Gasteiger partial charge < -0.3 is 0 Å². The molecular weight excluding hydrogens is 445 g/mol. The minimum atomic E-state index is 0.333. The normalized spacial score (nSPS) is 16.4. The van der Waals surface area contributed by atoms with Gasteiger partial charge in [0.1, 0.15) is 6.82 Å². The minimum Gasteiger partial charge on any atom is -0.137 e. The molecule has 0 fully saturated rings. The van der Waals surface area contributed by atoms with Crippen LogP contribution in [0, 0.1) is 0 Å². The van der Waals surface area contributed by atoms with E-state index < -0.39 is 0 Å². The Labute approximate surface area is 197 Å². The SMILES string of the molecule is CCCCSC(CCC(SCCC)(SCCCC)SC(C)C)(SC)SCC. The fourth-order valence-electron chi connectivity index (χ4n) is 2.61. The summed E-state index contributed by atoms with van der Waals surface area (Å²) < 4.78 is 0.671. The summed E-state index contributed by atoms with van der Waals surface area (Å²) in [6, 6.07) is 0. The number of hydrogen-bond donors (Lipinski definition) is 0. The predicted molar refractivity (Wildman–Crippen MR) is 147 cm³/mol. The highest BCUT2D eigenvalue weighted by Gasteiger charge is 2.38. The van der Waals surface area contributed by atoms with Crippen LogP contribution >= 0.6 is 70.6 Å². The van der Waals surface area contributed by atoms with Crippen molar-refractivity contribution in [2.24, 2.45) is 0 Å². The molecular formula is C21H44S6. The van der Waals surface area contributed by atoms with Crippen LogP contribution in [0.1, 0.15) is 86.5 Å². The average Bonchev–Trinajstić information content (AvgIpc) is 2.64. The first-order chi connectivity index (χ1) is 12.9. The first kappa shape index (κ1) is 29.1. The second-order valence-corrected chi connectivity index (χ2v) is 17.2. The van der Waals surface area contributed by atoms with Crippen molar-refractivity contribution in [1.82, 2.24) is 0 Å². The summed E-state index contributed by atoms with van der Waals surface area (Å²) >= 11 is 13.2. The molecule has 0 aromatic carbocycles. The van der Waals surface area contributed by atoms with Gasteiger partial charge in [0.2, 0.25) is 0 Å². The maximum absolute atomic E-state index is 2.38. The quantitative estimate of drug-likeness (QED) is 0.130. The largest absolute Gasteiger partial charge is 0.137 e. The van der Waals surface area contributed by atoms with Gasteiger partial charge in [0, 0.05) is 5.25 Å². The number of thioether (sulfide) groups is 6. The van der Waals surface area contributed by atoms with Crippen LogP contribution in [0.3, 0.4) is 0 Å². The van der Waals surface area contributed by atoms with Crippen molar-refractivity contribution in [3.63, 3.8) is 0 Å². The van der Waals surface area contributed by atoms with E-state index in [9.17, 15) is 0 Å². The molecule has 0 heterocycles. The first-order valence-corrected chi connectivity index (χ1v) is 16.8. The van der Waals surface area contributed by atoms with Gasteiger partial charge in [-0.25, -0.2) is 0 Å². The molecule has 0 aromatic rings. The maximum atomic E-state index is 2.38. The van der Waals surface area contributed by atoms with E-state index >= 15 is 0 Å². The Balaban J connectivity index is 5.27. The molecule has 0 spiro atoms. The van der Waals surface area contributed by atoms with Crippen molar-refractivity contribution in [3.05, 3.63) is 0 Å². The topological polar surface area (TPSA) is 0 Å². The van der Waals surface area contributed by atoms with Gasteiger partial charge in [0.25, 0.3) is 0 Å². The first-order valence-electron chi connectivity index (χ1n) is 10.7. The average molecular weight is 489 g/mol. The van der Waals surface area contributed by atoms with Crippen LogP contribution in [0.2, 0.25) is 0 Å². The molecule has 0 radical (unpaired) electrons. The summed E-state index contributed by atoms with van der Waals surface area (Å²) in [5.41, 5.74) is 0. The lowest BCUT2D eigenvalue weighted by atomic mass is 10.3. The molecule has 0 rings (SSSR count). The van der Waals surface area contributed by atoms with E-state index in [1.165, 1.54) is 68.0 Å². The molecule has 6 heteroatoms. The van der Waals surface area contributed by atoms with Crippen molar-refractivity contribution in [2.75, 3.05) is 29.3 Å². The molecule has 2 atom stereocenters. The van der Waals surface area contributed by atoms with Gasteiger partial charge in [-0.05, 0) is 61.4 Å². The Morgan fingerprint density at radius 3 is 1.63 bits per heavy atom. The fourth-order valence-corrected chi connectivity index (χ4v) is 12.8. The van der Waals surface area contributed by atoms with Crippen LogP contribution < -0.4 is 0 Å². The van der Waals surface area contributed by atoms with E-state index in [4.69, 9.17) is 0 Å². The van der Waals surface area contributed by atoms with Gasteiger partial charge in [-0.15, -0.1) is 70.6 Å². The van der Waals surface area contributed by atoms with E-state index in [0.717, 1.165) is 0 Å². The lowest BCUT2D eigenvalue weighted by Gasteiger charge is -2.38. The summed E-state index contributed by atoms with van der Waals surface area (Å²) in [6.45, 7) is 14.0. The van der Waals surface area contributed by atoms with Crippen LogP contribution in [0.15, 0.2) is 0 Å². The third-order valence-corrected chi connectivity index (χ3v) is 14.7. The minimum absolute atomic E-state index is 0.333. The standard InChI is InChI=1S/C21H44S6/c1-8-12-17-25-20(22-7,23-11-4)14-15-21(24-16-10-3,27-19(5)6)26-18-13-9-2/h19H,8-18H2,1-7H3. The molecule has 2 unspecified atom stereocenters. The number of rotatable bonds is 19. The van der Waals surface area contributed by atoms with Gasteiger partial charge in [0.05, 0.1) is 0 Å². The maximum Gasteiger partial charge on any atom is 0.107 e. The van der Waals surface area contributed by atoms with Crippen LogP contribution in [-0.2, 0) is 0 Å². The predicted octanol–water partition coefficient (Wildman–Crippen LogP) is 9.54. The highest BCUT2D eigenvalue weighted by Crippen LogP contribution is 2.57.